The van der Waals surface area contributed by atoms with Crippen molar-refractivity contribution in [3.63, 3.8) is 0 Å². The molecular weight excluding hydrogens is 294 g/mol. The molecule has 0 aliphatic carbocycles. The SMILES string of the molecule is O=C(O)N1CCCC1c1cccc(Oc2cccc(CO)c2)c1. The molecule has 0 saturated carbocycles. The molecule has 0 radical (unpaired) electrons. The first-order valence-corrected chi connectivity index (χ1v) is 7.64. The number of carbonyl (C=O) groups is 1. The molecule has 1 aliphatic heterocycles. The summed E-state index contributed by atoms with van der Waals surface area (Å²) in [4.78, 5) is 12.8. The summed E-state index contributed by atoms with van der Waals surface area (Å²) < 4.78 is 5.84. The second-order valence-electron chi connectivity index (χ2n) is 5.61. The molecule has 1 atom stereocenters. The number of hydrogen-bond acceptors (Lipinski definition) is 3. The highest BCUT2D eigenvalue weighted by Crippen LogP contribution is 2.34. The first kappa shape index (κ1) is 15.4. The van der Waals surface area contributed by atoms with Gasteiger partial charge >= 0.3 is 6.09 Å². The first-order chi connectivity index (χ1) is 11.2. The van der Waals surface area contributed by atoms with Crippen LogP contribution < -0.4 is 4.74 Å². The van der Waals surface area contributed by atoms with Gasteiger partial charge in [0, 0.05) is 6.54 Å². The Balaban J connectivity index is 1.81. The van der Waals surface area contributed by atoms with Gasteiger partial charge in [-0.3, -0.25) is 0 Å². The van der Waals surface area contributed by atoms with E-state index in [9.17, 15) is 15.0 Å². The van der Waals surface area contributed by atoms with Crippen LogP contribution >= 0.6 is 0 Å². The lowest BCUT2D eigenvalue weighted by Crippen LogP contribution is -2.28. The maximum Gasteiger partial charge on any atom is 0.407 e. The number of rotatable bonds is 4. The molecule has 2 aromatic rings. The van der Waals surface area contributed by atoms with Crippen molar-refractivity contribution in [2.45, 2.75) is 25.5 Å². The zero-order valence-electron chi connectivity index (χ0n) is 12.7. The molecule has 1 aliphatic rings. The Morgan fingerprint density at radius 3 is 2.65 bits per heavy atom. The molecule has 23 heavy (non-hydrogen) atoms. The average Bonchev–Trinajstić information content (AvgIpc) is 3.05. The summed E-state index contributed by atoms with van der Waals surface area (Å²) in [6.07, 6.45) is 0.825. The van der Waals surface area contributed by atoms with Gasteiger partial charge in [0.15, 0.2) is 0 Å². The van der Waals surface area contributed by atoms with Crippen molar-refractivity contribution in [2.24, 2.45) is 0 Å². The van der Waals surface area contributed by atoms with Crippen LogP contribution in [-0.4, -0.2) is 27.8 Å². The zero-order chi connectivity index (χ0) is 16.2. The molecular formula is C18H19NO4. The largest absolute Gasteiger partial charge is 0.465 e. The van der Waals surface area contributed by atoms with E-state index in [2.05, 4.69) is 0 Å². The van der Waals surface area contributed by atoms with E-state index >= 15 is 0 Å². The van der Waals surface area contributed by atoms with Crippen LogP contribution in [-0.2, 0) is 6.61 Å². The molecule has 1 saturated heterocycles. The van der Waals surface area contributed by atoms with Crippen LogP contribution in [0.4, 0.5) is 4.79 Å². The van der Waals surface area contributed by atoms with Crippen molar-refractivity contribution < 1.29 is 19.7 Å². The van der Waals surface area contributed by atoms with Gasteiger partial charge in [-0.1, -0.05) is 24.3 Å². The Bertz CT molecular complexity index is 701. The Morgan fingerprint density at radius 1 is 1.17 bits per heavy atom. The monoisotopic (exact) mass is 313 g/mol. The van der Waals surface area contributed by atoms with Crippen LogP contribution in [0.15, 0.2) is 48.5 Å². The van der Waals surface area contributed by atoms with Crippen molar-refractivity contribution in [1.29, 1.82) is 0 Å². The number of carboxylic acid groups (broad SMARTS) is 1. The van der Waals surface area contributed by atoms with Crippen molar-refractivity contribution >= 4 is 6.09 Å². The van der Waals surface area contributed by atoms with Crippen LogP contribution in [0.2, 0.25) is 0 Å². The molecule has 1 fully saturated rings. The van der Waals surface area contributed by atoms with Gasteiger partial charge in [0.2, 0.25) is 0 Å². The predicted octanol–water partition coefficient (Wildman–Crippen LogP) is 3.79. The minimum atomic E-state index is -0.880. The van der Waals surface area contributed by atoms with E-state index in [1.54, 1.807) is 6.07 Å². The lowest BCUT2D eigenvalue weighted by Gasteiger charge is -2.22. The van der Waals surface area contributed by atoms with E-state index in [4.69, 9.17) is 4.74 Å². The highest BCUT2D eigenvalue weighted by Gasteiger charge is 2.29. The highest BCUT2D eigenvalue weighted by atomic mass is 16.5. The number of benzene rings is 2. The summed E-state index contributed by atoms with van der Waals surface area (Å²) >= 11 is 0. The summed E-state index contributed by atoms with van der Waals surface area (Å²) in [5.41, 5.74) is 1.73. The lowest BCUT2D eigenvalue weighted by atomic mass is 10.0. The highest BCUT2D eigenvalue weighted by molar-refractivity contribution is 5.66. The van der Waals surface area contributed by atoms with Gasteiger partial charge in [0.05, 0.1) is 12.6 Å². The summed E-state index contributed by atoms with van der Waals surface area (Å²) in [7, 11) is 0. The maximum absolute atomic E-state index is 11.3. The summed E-state index contributed by atoms with van der Waals surface area (Å²) in [6.45, 7) is 0.538. The molecule has 0 spiro atoms. The number of likely N-dealkylation sites (tertiary alicyclic amines) is 1. The van der Waals surface area contributed by atoms with Crippen molar-refractivity contribution in [2.75, 3.05) is 6.54 Å². The van der Waals surface area contributed by atoms with Gasteiger partial charge in [-0.15, -0.1) is 0 Å². The minimum absolute atomic E-state index is 0.0348. The van der Waals surface area contributed by atoms with E-state index in [0.29, 0.717) is 18.0 Å². The van der Waals surface area contributed by atoms with E-state index in [1.807, 2.05) is 42.5 Å². The van der Waals surface area contributed by atoms with Gasteiger partial charge in [-0.05, 0) is 48.2 Å². The third-order valence-electron chi connectivity index (χ3n) is 4.06. The Morgan fingerprint density at radius 2 is 1.91 bits per heavy atom. The number of aliphatic hydroxyl groups is 1. The molecule has 2 aromatic carbocycles. The normalized spacial score (nSPS) is 17.3. The zero-order valence-corrected chi connectivity index (χ0v) is 12.7. The number of ether oxygens (including phenoxy) is 1. The van der Waals surface area contributed by atoms with Crippen molar-refractivity contribution in [3.05, 3.63) is 59.7 Å². The van der Waals surface area contributed by atoms with Crippen molar-refractivity contribution in [3.8, 4) is 11.5 Å². The quantitative estimate of drug-likeness (QED) is 0.901. The fraction of sp³-hybridized carbons (Fsp3) is 0.278. The van der Waals surface area contributed by atoms with Crippen LogP contribution in [0, 0.1) is 0 Å². The topological polar surface area (TPSA) is 70.0 Å². The number of aliphatic hydroxyl groups excluding tert-OH is 1. The van der Waals surface area contributed by atoms with Crippen molar-refractivity contribution in [1.82, 2.24) is 4.90 Å². The van der Waals surface area contributed by atoms with Gasteiger partial charge in [-0.2, -0.15) is 0 Å². The summed E-state index contributed by atoms with van der Waals surface area (Å²) in [5, 5.41) is 18.5. The third-order valence-corrected chi connectivity index (χ3v) is 4.06. The number of nitrogens with zero attached hydrogens (tertiary/aromatic N) is 1. The second kappa shape index (κ2) is 6.71. The van der Waals surface area contributed by atoms with E-state index in [0.717, 1.165) is 24.0 Å². The predicted molar refractivity (Wildman–Crippen MR) is 85.6 cm³/mol. The fourth-order valence-electron chi connectivity index (χ4n) is 2.97. The third kappa shape index (κ3) is 3.46. The van der Waals surface area contributed by atoms with Crippen LogP contribution in [0.25, 0.3) is 0 Å². The summed E-state index contributed by atoms with van der Waals surface area (Å²) in [6, 6.07) is 14.7. The van der Waals surface area contributed by atoms with Gasteiger partial charge in [-0.25, -0.2) is 4.79 Å². The minimum Gasteiger partial charge on any atom is -0.465 e. The molecule has 1 amide bonds. The van der Waals surface area contributed by atoms with Gasteiger partial charge in [0.25, 0.3) is 0 Å². The van der Waals surface area contributed by atoms with Crippen LogP contribution in [0.1, 0.15) is 30.0 Å². The lowest BCUT2D eigenvalue weighted by molar-refractivity contribution is 0.140. The first-order valence-electron chi connectivity index (χ1n) is 7.64. The summed E-state index contributed by atoms with van der Waals surface area (Å²) in [5.74, 6) is 1.31. The molecule has 5 heteroatoms. The molecule has 2 N–H and O–H groups in total. The van der Waals surface area contributed by atoms with Crippen LogP contribution in [0.5, 0.6) is 11.5 Å². The molecule has 120 valence electrons. The molecule has 0 aromatic heterocycles. The second-order valence-corrected chi connectivity index (χ2v) is 5.61. The molecule has 5 nitrogen and oxygen atoms in total. The average molecular weight is 313 g/mol. The maximum atomic E-state index is 11.3. The Hall–Kier alpha value is -2.53. The van der Waals surface area contributed by atoms with Gasteiger partial charge < -0.3 is 19.8 Å². The smallest absolute Gasteiger partial charge is 0.407 e. The van der Waals surface area contributed by atoms with Gasteiger partial charge in [0.1, 0.15) is 11.5 Å². The number of hydrogen-bond donors (Lipinski definition) is 2. The standard InChI is InChI=1S/C18H19NO4/c20-12-13-4-1-6-15(10-13)23-16-7-2-5-14(11-16)17-8-3-9-19(17)18(21)22/h1-2,4-7,10-11,17,20H,3,8-9,12H2,(H,21,22). The molecule has 0 bridgehead atoms. The fourth-order valence-corrected chi connectivity index (χ4v) is 2.97. The molecule has 3 rings (SSSR count). The molecule has 1 heterocycles. The Labute approximate surface area is 134 Å². The van der Waals surface area contributed by atoms with E-state index in [-0.39, 0.29) is 12.6 Å². The molecule has 1 unspecified atom stereocenters. The van der Waals surface area contributed by atoms with E-state index in [1.165, 1.54) is 4.90 Å². The van der Waals surface area contributed by atoms with E-state index < -0.39 is 6.09 Å². The Kier molecular flexibility index (Phi) is 4.48. The number of amides is 1. The van der Waals surface area contributed by atoms with Crippen LogP contribution in [0.3, 0.4) is 0 Å².